The van der Waals surface area contributed by atoms with Gasteiger partial charge in [-0.3, -0.25) is 19.4 Å². The van der Waals surface area contributed by atoms with E-state index >= 15 is 0 Å². The van der Waals surface area contributed by atoms with Crippen LogP contribution in [-0.2, 0) is 14.4 Å². The summed E-state index contributed by atoms with van der Waals surface area (Å²) >= 11 is 5.84. The van der Waals surface area contributed by atoms with Crippen molar-refractivity contribution >= 4 is 40.7 Å². The molecule has 3 amide bonds. The highest BCUT2D eigenvalue weighted by Gasteiger charge is 2.55. The van der Waals surface area contributed by atoms with E-state index in [0.717, 1.165) is 4.90 Å². The number of benzene rings is 2. The highest BCUT2D eigenvalue weighted by molar-refractivity contribution is 6.30. The second-order valence-corrected chi connectivity index (χ2v) is 7.12. The van der Waals surface area contributed by atoms with Crippen LogP contribution in [0.15, 0.2) is 58.9 Å². The Labute approximate surface area is 177 Å². The number of ether oxygens (including phenoxy) is 1. The Balaban J connectivity index is 1.46. The van der Waals surface area contributed by atoms with Crippen molar-refractivity contribution in [2.24, 2.45) is 10.3 Å². The summed E-state index contributed by atoms with van der Waals surface area (Å²) in [5.74, 6) is -0.700. The van der Waals surface area contributed by atoms with Crippen molar-refractivity contribution in [3.05, 3.63) is 53.6 Å². The maximum atomic E-state index is 13.0. The highest BCUT2D eigenvalue weighted by Crippen LogP contribution is 2.32. The number of nitrogens with zero attached hydrogens (tertiary/aromatic N) is 4. The predicted molar refractivity (Wildman–Crippen MR) is 109 cm³/mol. The molecule has 2 aromatic carbocycles. The van der Waals surface area contributed by atoms with Crippen LogP contribution in [0.4, 0.5) is 11.4 Å². The first-order valence-electron chi connectivity index (χ1n) is 9.31. The zero-order valence-corrected chi connectivity index (χ0v) is 16.7. The number of halogens is 1. The van der Waals surface area contributed by atoms with Crippen LogP contribution in [0.25, 0.3) is 0 Å². The monoisotopic (exact) mass is 427 g/mol. The van der Waals surface area contributed by atoms with Crippen LogP contribution in [-0.4, -0.2) is 48.0 Å². The fourth-order valence-electron chi connectivity index (χ4n) is 3.35. The van der Waals surface area contributed by atoms with Gasteiger partial charge in [0.2, 0.25) is 5.91 Å². The first kappa shape index (κ1) is 19.8. The van der Waals surface area contributed by atoms with Crippen LogP contribution < -0.4 is 15.0 Å². The van der Waals surface area contributed by atoms with E-state index in [0.29, 0.717) is 28.8 Å². The molecule has 4 rings (SSSR count). The molecule has 2 aliphatic heterocycles. The van der Waals surface area contributed by atoms with Gasteiger partial charge in [-0.1, -0.05) is 16.8 Å². The average Bonchev–Trinajstić information content (AvgIpc) is 3.24. The number of hydrogen-bond donors (Lipinski definition) is 1. The van der Waals surface area contributed by atoms with Crippen LogP contribution in [0.5, 0.6) is 5.75 Å². The van der Waals surface area contributed by atoms with Gasteiger partial charge in [-0.15, -0.1) is 0 Å². The van der Waals surface area contributed by atoms with Gasteiger partial charge in [-0.25, -0.2) is 4.90 Å². The van der Waals surface area contributed by atoms with Crippen molar-refractivity contribution in [1.29, 1.82) is 0 Å². The number of hydrogen-bond acceptors (Lipinski definition) is 7. The summed E-state index contributed by atoms with van der Waals surface area (Å²) in [4.78, 5) is 39.2. The molecule has 2 aromatic rings. The molecule has 10 heteroatoms. The third-order valence-corrected chi connectivity index (χ3v) is 4.95. The topological polar surface area (TPSA) is 104 Å². The molecule has 0 aromatic heterocycles. The lowest BCUT2D eigenvalue weighted by Crippen LogP contribution is -2.43. The van der Waals surface area contributed by atoms with Crippen molar-refractivity contribution in [2.45, 2.75) is 19.0 Å². The lowest BCUT2D eigenvalue weighted by molar-refractivity contribution is -0.123. The summed E-state index contributed by atoms with van der Waals surface area (Å²) < 4.78 is 5.39. The van der Waals surface area contributed by atoms with Gasteiger partial charge < -0.3 is 10.1 Å². The lowest BCUT2D eigenvalue weighted by atomic mass is 10.1. The number of fused-ring (bicyclic) bond motifs is 1. The Kier molecular flexibility index (Phi) is 5.37. The molecular formula is C20H18ClN5O4. The molecule has 1 N–H and O–H groups in total. The molecular weight excluding hydrogens is 410 g/mol. The standard InChI is InChI=1S/C20H18ClN5O4/c1-2-30-15-9-7-14(8-10-15)26-19(28)17-18(20(26)29)25(24-23-17)11-16(27)22-13-5-3-12(21)4-6-13/h3-10,17-18H,2,11H2,1H3,(H,22,27). The summed E-state index contributed by atoms with van der Waals surface area (Å²) in [5, 5.41) is 12.3. The van der Waals surface area contributed by atoms with Gasteiger partial charge in [-0.2, -0.15) is 5.11 Å². The zero-order valence-electron chi connectivity index (χ0n) is 16.0. The molecule has 0 bridgehead atoms. The second kappa shape index (κ2) is 8.11. The normalized spacial score (nSPS) is 19.9. The van der Waals surface area contributed by atoms with E-state index in [1.165, 1.54) is 5.01 Å². The maximum Gasteiger partial charge on any atom is 0.263 e. The Hall–Kier alpha value is -3.46. The first-order chi connectivity index (χ1) is 14.5. The Morgan fingerprint density at radius 1 is 1.10 bits per heavy atom. The Morgan fingerprint density at radius 2 is 1.80 bits per heavy atom. The quantitative estimate of drug-likeness (QED) is 0.714. The van der Waals surface area contributed by atoms with Crippen LogP contribution in [0, 0.1) is 0 Å². The molecule has 0 saturated carbocycles. The van der Waals surface area contributed by atoms with E-state index < -0.39 is 29.8 Å². The molecule has 0 spiro atoms. The van der Waals surface area contributed by atoms with Gasteiger partial charge in [0.15, 0.2) is 12.1 Å². The number of anilines is 2. The van der Waals surface area contributed by atoms with Crippen molar-refractivity contribution in [2.75, 3.05) is 23.4 Å². The van der Waals surface area contributed by atoms with Crippen molar-refractivity contribution in [3.8, 4) is 5.75 Å². The Morgan fingerprint density at radius 3 is 2.47 bits per heavy atom. The molecule has 0 aliphatic carbocycles. The summed E-state index contributed by atoms with van der Waals surface area (Å²) in [6.07, 6.45) is 0. The minimum Gasteiger partial charge on any atom is -0.494 e. The summed E-state index contributed by atoms with van der Waals surface area (Å²) in [6, 6.07) is 11.4. The lowest BCUT2D eigenvalue weighted by Gasteiger charge is -2.20. The van der Waals surface area contributed by atoms with Crippen LogP contribution in [0.3, 0.4) is 0 Å². The maximum absolute atomic E-state index is 13.0. The third kappa shape index (κ3) is 3.71. The van der Waals surface area contributed by atoms with E-state index in [2.05, 4.69) is 15.7 Å². The SMILES string of the molecule is CCOc1ccc(N2C(=O)C3N=NN(CC(=O)Nc4ccc(Cl)cc4)C3C2=O)cc1. The smallest absolute Gasteiger partial charge is 0.263 e. The van der Waals surface area contributed by atoms with Gasteiger partial charge >= 0.3 is 0 Å². The number of carbonyl (C=O) groups is 3. The van der Waals surface area contributed by atoms with Crippen LogP contribution >= 0.6 is 11.6 Å². The molecule has 1 fully saturated rings. The second-order valence-electron chi connectivity index (χ2n) is 6.69. The number of nitrogens with one attached hydrogen (secondary N) is 1. The average molecular weight is 428 g/mol. The predicted octanol–water partition coefficient (Wildman–Crippen LogP) is 2.67. The molecule has 2 heterocycles. The van der Waals surface area contributed by atoms with Gasteiger partial charge in [0.25, 0.3) is 11.8 Å². The van der Waals surface area contributed by atoms with Gasteiger partial charge in [0, 0.05) is 10.7 Å². The van der Waals surface area contributed by atoms with Crippen molar-refractivity contribution in [3.63, 3.8) is 0 Å². The zero-order chi connectivity index (χ0) is 21.3. The number of carbonyl (C=O) groups excluding carboxylic acids is 3. The third-order valence-electron chi connectivity index (χ3n) is 4.70. The van der Waals surface area contributed by atoms with E-state index in [4.69, 9.17) is 16.3 Å². The van der Waals surface area contributed by atoms with E-state index in [-0.39, 0.29) is 6.54 Å². The summed E-state index contributed by atoms with van der Waals surface area (Å²) in [6.45, 7) is 2.16. The minimum absolute atomic E-state index is 0.219. The number of imide groups is 1. The molecule has 9 nitrogen and oxygen atoms in total. The van der Waals surface area contributed by atoms with Crippen molar-refractivity contribution < 1.29 is 19.1 Å². The fourth-order valence-corrected chi connectivity index (χ4v) is 3.47. The number of rotatable bonds is 6. The molecule has 2 aliphatic rings. The van der Waals surface area contributed by atoms with E-state index in [1.54, 1.807) is 48.5 Å². The van der Waals surface area contributed by atoms with E-state index in [1.807, 2.05) is 6.92 Å². The highest BCUT2D eigenvalue weighted by atomic mass is 35.5. The van der Waals surface area contributed by atoms with Crippen LogP contribution in [0.2, 0.25) is 5.02 Å². The minimum atomic E-state index is -0.965. The van der Waals surface area contributed by atoms with Gasteiger partial charge in [0.05, 0.1) is 12.3 Å². The van der Waals surface area contributed by atoms with Gasteiger partial charge in [-0.05, 0) is 55.5 Å². The summed E-state index contributed by atoms with van der Waals surface area (Å²) in [7, 11) is 0. The molecule has 1 saturated heterocycles. The molecule has 154 valence electrons. The molecule has 2 atom stereocenters. The van der Waals surface area contributed by atoms with Crippen molar-refractivity contribution in [1.82, 2.24) is 5.01 Å². The number of amides is 3. The van der Waals surface area contributed by atoms with Gasteiger partial charge in [0.1, 0.15) is 12.3 Å². The molecule has 0 radical (unpaired) electrons. The van der Waals surface area contributed by atoms with E-state index in [9.17, 15) is 14.4 Å². The first-order valence-corrected chi connectivity index (χ1v) is 9.69. The fraction of sp³-hybridized carbons (Fsp3) is 0.250. The summed E-state index contributed by atoms with van der Waals surface area (Å²) in [5.41, 5.74) is 0.977. The Bertz CT molecular complexity index is 1010. The molecule has 30 heavy (non-hydrogen) atoms. The van der Waals surface area contributed by atoms with Crippen LogP contribution in [0.1, 0.15) is 6.92 Å². The molecule has 2 unspecified atom stereocenters. The largest absolute Gasteiger partial charge is 0.494 e.